The lowest BCUT2D eigenvalue weighted by Crippen LogP contribution is -2.45. The molecule has 26 heavy (non-hydrogen) atoms. The number of hydrogen-bond donors (Lipinski definition) is 1. The van der Waals surface area contributed by atoms with E-state index in [2.05, 4.69) is 20.1 Å². The molecule has 0 aromatic rings. The van der Waals surface area contributed by atoms with E-state index in [1.165, 1.54) is 38.9 Å². The van der Waals surface area contributed by atoms with Crippen LogP contribution in [0.5, 0.6) is 0 Å². The summed E-state index contributed by atoms with van der Waals surface area (Å²) in [5.41, 5.74) is 0. The number of rotatable bonds is 4. The van der Waals surface area contributed by atoms with Crippen molar-refractivity contribution in [1.29, 1.82) is 0 Å². The number of piperidine rings is 1. The second-order valence-electron chi connectivity index (χ2n) is 7.99. The fourth-order valence-corrected chi connectivity index (χ4v) is 4.52. The average Bonchev–Trinajstić information content (AvgIpc) is 3.29. The van der Waals surface area contributed by atoms with Gasteiger partial charge in [-0.2, -0.15) is 0 Å². The first-order chi connectivity index (χ1) is 12.2. The molecule has 0 aliphatic carbocycles. The Morgan fingerprint density at radius 2 is 1.62 bits per heavy atom. The van der Waals surface area contributed by atoms with Gasteiger partial charge in [0.2, 0.25) is 5.91 Å². The number of aliphatic imine (C=N–C) groups is 1. The number of likely N-dealkylation sites (tertiary alicyclic amines) is 3. The van der Waals surface area contributed by atoms with E-state index in [0.717, 1.165) is 57.4 Å². The Labute approximate surface area is 175 Å². The zero-order valence-electron chi connectivity index (χ0n) is 16.5. The molecule has 6 nitrogen and oxygen atoms in total. The van der Waals surface area contributed by atoms with Gasteiger partial charge in [-0.15, -0.1) is 24.0 Å². The van der Waals surface area contributed by atoms with Crippen LogP contribution in [0, 0.1) is 11.8 Å². The highest BCUT2D eigenvalue weighted by Crippen LogP contribution is 2.21. The molecule has 0 radical (unpaired) electrons. The molecule has 1 amide bonds. The van der Waals surface area contributed by atoms with E-state index < -0.39 is 0 Å². The van der Waals surface area contributed by atoms with Crippen LogP contribution in [-0.2, 0) is 4.79 Å². The summed E-state index contributed by atoms with van der Waals surface area (Å²) in [6, 6.07) is 0. The van der Waals surface area contributed by atoms with Crippen molar-refractivity contribution in [2.24, 2.45) is 16.8 Å². The number of carbonyl (C=O) groups excluding carboxylic acids is 1. The fourth-order valence-electron chi connectivity index (χ4n) is 4.52. The lowest BCUT2D eigenvalue weighted by molar-refractivity contribution is -0.130. The summed E-state index contributed by atoms with van der Waals surface area (Å²) in [5.74, 6) is 2.71. The van der Waals surface area contributed by atoms with E-state index in [1.807, 2.05) is 11.9 Å². The molecule has 3 aliphatic rings. The first-order valence-electron chi connectivity index (χ1n) is 10.1. The summed E-state index contributed by atoms with van der Waals surface area (Å²) < 4.78 is 0. The molecule has 3 rings (SSSR count). The molecule has 3 fully saturated rings. The van der Waals surface area contributed by atoms with Gasteiger partial charge in [-0.3, -0.25) is 9.79 Å². The fraction of sp³-hybridized carbons (Fsp3) is 0.895. The largest absolute Gasteiger partial charge is 0.356 e. The van der Waals surface area contributed by atoms with Gasteiger partial charge < -0.3 is 20.0 Å². The molecule has 1 N–H and O–H groups in total. The minimum absolute atomic E-state index is 0. The maximum absolute atomic E-state index is 11.4. The van der Waals surface area contributed by atoms with Crippen molar-refractivity contribution >= 4 is 35.8 Å². The van der Waals surface area contributed by atoms with Crippen molar-refractivity contribution in [3.63, 3.8) is 0 Å². The Balaban J connectivity index is 0.00000243. The molecule has 0 saturated carbocycles. The van der Waals surface area contributed by atoms with Crippen LogP contribution in [0.4, 0.5) is 0 Å². The minimum Gasteiger partial charge on any atom is -0.356 e. The number of nitrogens with zero attached hydrogens (tertiary/aromatic N) is 4. The molecule has 1 unspecified atom stereocenters. The quantitative estimate of drug-likeness (QED) is 0.382. The molecular formula is C19H36IN5O. The van der Waals surface area contributed by atoms with Crippen LogP contribution in [0.15, 0.2) is 4.99 Å². The summed E-state index contributed by atoms with van der Waals surface area (Å²) in [5, 5.41) is 3.60. The van der Waals surface area contributed by atoms with Gasteiger partial charge >= 0.3 is 0 Å². The lowest BCUT2D eigenvalue weighted by Gasteiger charge is -2.32. The molecule has 0 bridgehead atoms. The Morgan fingerprint density at radius 3 is 2.23 bits per heavy atom. The maximum atomic E-state index is 11.4. The van der Waals surface area contributed by atoms with Gasteiger partial charge in [0.25, 0.3) is 0 Å². The molecule has 3 aliphatic heterocycles. The van der Waals surface area contributed by atoms with Gasteiger partial charge in [0.05, 0.1) is 0 Å². The molecule has 3 heterocycles. The molecular weight excluding hydrogens is 441 g/mol. The third-order valence-electron chi connectivity index (χ3n) is 6.12. The Morgan fingerprint density at radius 1 is 1.00 bits per heavy atom. The van der Waals surface area contributed by atoms with Crippen molar-refractivity contribution in [3.8, 4) is 0 Å². The summed E-state index contributed by atoms with van der Waals surface area (Å²) in [6.45, 7) is 10.6. The van der Waals surface area contributed by atoms with Crippen LogP contribution in [0.1, 0.15) is 39.0 Å². The van der Waals surface area contributed by atoms with E-state index in [1.54, 1.807) is 6.92 Å². The molecule has 1 atom stereocenters. The third kappa shape index (κ3) is 5.97. The van der Waals surface area contributed by atoms with Gasteiger partial charge in [0, 0.05) is 53.2 Å². The van der Waals surface area contributed by atoms with Gasteiger partial charge in [-0.1, -0.05) is 0 Å². The van der Waals surface area contributed by atoms with Crippen LogP contribution >= 0.6 is 24.0 Å². The molecule has 0 aromatic carbocycles. The topological polar surface area (TPSA) is 51.2 Å². The second-order valence-corrected chi connectivity index (χ2v) is 7.99. The van der Waals surface area contributed by atoms with Gasteiger partial charge in [0.15, 0.2) is 5.96 Å². The highest BCUT2D eigenvalue weighted by atomic mass is 127. The normalized spacial score (nSPS) is 25.5. The zero-order chi connectivity index (χ0) is 17.6. The van der Waals surface area contributed by atoms with Crippen LogP contribution in [-0.4, -0.2) is 86.0 Å². The summed E-state index contributed by atoms with van der Waals surface area (Å²) in [4.78, 5) is 23.0. The van der Waals surface area contributed by atoms with E-state index in [4.69, 9.17) is 0 Å². The van der Waals surface area contributed by atoms with Crippen LogP contribution < -0.4 is 5.32 Å². The van der Waals surface area contributed by atoms with Crippen molar-refractivity contribution in [2.45, 2.75) is 39.0 Å². The van der Waals surface area contributed by atoms with E-state index in [-0.39, 0.29) is 29.9 Å². The van der Waals surface area contributed by atoms with Crippen LogP contribution in [0.3, 0.4) is 0 Å². The smallest absolute Gasteiger partial charge is 0.219 e. The van der Waals surface area contributed by atoms with E-state index in [9.17, 15) is 4.79 Å². The predicted molar refractivity (Wildman–Crippen MR) is 117 cm³/mol. The van der Waals surface area contributed by atoms with Crippen LogP contribution in [0.25, 0.3) is 0 Å². The Kier molecular flexibility index (Phi) is 8.93. The monoisotopic (exact) mass is 477 g/mol. The Hall–Kier alpha value is -0.570. The summed E-state index contributed by atoms with van der Waals surface area (Å²) >= 11 is 0. The van der Waals surface area contributed by atoms with Crippen molar-refractivity contribution in [3.05, 3.63) is 0 Å². The number of halogens is 1. The number of amides is 1. The molecule has 150 valence electrons. The highest BCUT2D eigenvalue weighted by Gasteiger charge is 2.28. The van der Waals surface area contributed by atoms with Gasteiger partial charge in [-0.05, 0) is 57.0 Å². The molecule has 7 heteroatoms. The zero-order valence-corrected chi connectivity index (χ0v) is 18.8. The van der Waals surface area contributed by atoms with Crippen molar-refractivity contribution < 1.29 is 4.79 Å². The number of carbonyl (C=O) groups is 1. The summed E-state index contributed by atoms with van der Waals surface area (Å²) in [6.07, 6.45) is 6.24. The molecule has 0 aromatic heterocycles. The number of nitrogens with one attached hydrogen (secondary N) is 1. The summed E-state index contributed by atoms with van der Waals surface area (Å²) in [7, 11) is 1.90. The minimum atomic E-state index is 0. The average molecular weight is 477 g/mol. The first-order valence-corrected chi connectivity index (χ1v) is 10.1. The standard InChI is InChI=1S/C19H35N5O.HI/c1-16(25)23-10-5-17(6-11-23)13-21-19(20-2)24-12-7-18(15-24)14-22-8-3-4-9-22;/h17-18H,3-15H2,1-2H3,(H,20,21);1H. The van der Waals surface area contributed by atoms with E-state index >= 15 is 0 Å². The van der Waals surface area contributed by atoms with Crippen molar-refractivity contribution in [2.75, 3.05) is 59.4 Å². The first kappa shape index (κ1) is 21.7. The van der Waals surface area contributed by atoms with Crippen LogP contribution in [0.2, 0.25) is 0 Å². The number of hydrogen-bond acceptors (Lipinski definition) is 3. The predicted octanol–water partition coefficient (Wildman–Crippen LogP) is 1.86. The van der Waals surface area contributed by atoms with Gasteiger partial charge in [-0.25, -0.2) is 0 Å². The maximum Gasteiger partial charge on any atom is 0.219 e. The molecule has 0 spiro atoms. The van der Waals surface area contributed by atoms with E-state index in [0.29, 0.717) is 5.92 Å². The lowest BCUT2D eigenvalue weighted by atomic mass is 9.97. The SMILES string of the molecule is CN=C(NCC1CCN(C(C)=O)CC1)N1CCC(CN2CCCC2)C1.I. The second kappa shape index (κ2) is 10.7. The molecule has 3 saturated heterocycles. The third-order valence-corrected chi connectivity index (χ3v) is 6.12. The Bertz CT molecular complexity index is 473. The highest BCUT2D eigenvalue weighted by molar-refractivity contribution is 14.0. The van der Waals surface area contributed by atoms with Crippen molar-refractivity contribution in [1.82, 2.24) is 20.0 Å². The number of guanidine groups is 1. The van der Waals surface area contributed by atoms with Gasteiger partial charge in [0.1, 0.15) is 0 Å².